The van der Waals surface area contributed by atoms with Gasteiger partial charge in [0.15, 0.2) is 11.5 Å². The van der Waals surface area contributed by atoms with Crippen molar-refractivity contribution >= 4 is 28.9 Å². The second-order valence-corrected chi connectivity index (χ2v) is 7.84. The number of benzene rings is 2. The van der Waals surface area contributed by atoms with Crippen LogP contribution in [0.3, 0.4) is 0 Å². The third-order valence-electron chi connectivity index (χ3n) is 5.60. The summed E-state index contributed by atoms with van der Waals surface area (Å²) >= 11 is 0. The zero-order chi connectivity index (χ0) is 22.5. The van der Waals surface area contributed by atoms with Crippen LogP contribution < -0.4 is 25.0 Å². The van der Waals surface area contributed by atoms with Crippen molar-refractivity contribution in [2.24, 2.45) is 0 Å². The number of carbonyl (C=O) groups is 2. The summed E-state index contributed by atoms with van der Waals surface area (Å²) in [6.45, 7) is 5.20. The molecule has 32 heavy (non-hydrogen) atoms. The monoisotopic (exact) mass is 440 g/mol. The fraction of sp³-hybridized carbons (Fsp3) is 0.391. The van der Waals surface area contributed by atoms with Gasteiger partial charge in [0, 0.05) is 36.2 Å². The van der Waals surface area contributed by atoms with Gasteiger partial charge in [-0.25, -0.2) is 0 Å². The molecule has 170 valence electrons. The molecule has 1 atom stereocenters. The summed E-state index contributed by atoms with van der Waals surface area (Å²) in [5.41, 5.74) is 2.44. The average molecular weight is 441 g/mol. The fourth-order valence-corrected chi connectivity index (χ4v) is 3.56. The molecule has 2 aromatic rings. The number of hydrogen-bond donors (Lipinski definition) is 2. The predicted molar refractivity (Wildman–Crippen MR) is 121 cm³/mol. The lowest BCUT2D eigenvalue weighted by molar-refractivity contribution is -0.122. The van der Waals surface area contributed by atoms with Gasteiger partial charge in [0.1, 0.15) is 0 Å². The molecule has 2 heterocycles. The first kappa shape index (κ1) is 21.9. The molecule has 9 heteroatoms. The van der Waals surface area contributed by atoms with Crippen molar-refractivity contribution in [1.82, 2.24) is 4.90 Å². The zero-order valence-electron chi connectivity index (χ0n) is 18.3. The van der Waals surface area contributed by atoms with E-state index in [4.69, 9.17) is 14.2 Å². The normalized spacial score (nSPS) is 16.0. The number of carbonyl (C=O) groups excluding carboxylic acids is 2. The van der Waals surface area contributed by atoms with Gasteiger partial charge >= 0.3 is 0 Å². The molecule has 0 unspecified atom stereocenters. The number of amides is 2. The number of nitrogens with one attached hydrogen (secondary N) is 2. The maximum absolute atomic E-state index is 12.6. The molecule has 1 saturated heterocycles. The highest BCUT2D eigenvalue weighted by molar-refractivity contribution is 5.96. The molecule has 1 fully saturated rings. The van der Waals surface area contributed by atoms with Crippen LogP contribution in [-0.2, 0) is 14.3 Å². The Hall–Kier alpha value is -3.30. The molecule has 0 aliphatic carbocycles. The molecule has 2 aromatic carbocycles. The van der Waals surface area contributed by atoms with Gasteiger partial charge in [-0.05, 0) is 50.4 Å². The number of fused-ring (bicyclic) bond motifs is 1. The third-order valence-corrected chi connectivity index (χ3v) is 5.60. The SMILES string of the molecule is C[C@@H](C(=O)Nc1ccc2c(c1)OCO2)N(C)CC(=O)Nc1ccc(N2CCOCC2)cc1. The van der Waals surface area contributed by atoms with Crippen LogP contribution in [0.2, 0.25) is 0 Å². The van der Waals surface area contributed by atoms with Gasteiger partial charge < -0.3 is 29.7 Å². The molecule has 0 aromatic heterocycles. The first-order chi connectivity index (χ1) is 15.5. The second-order valence-electron chi connectivity index (χ2n) is 7.84. The Morgan fingerprint density at radius 3 is 2.44 bits per heavy atom. The standard InChI is InChI=1S/C23H28N4O5/c1-16(23(29)25-18-5-8-20-21(13-18)32-15-31-20)26(2)14-22(28)24-17-3-6-19(7-4-17)27-9-11-30-12-10-27/h3-8,13,16H,9-12,14-15H2,1-2H3,(H,24,28)(H,25,29)/t16-/m0/s1. The molecule has 2 amide bonds. The summed E-state index contributed by atoms with van der Waals surface area (Å²) in [6.07, 6.45) is 0. The van der Waals surface area contributed by atoms with Gasteiger partial charge in [-0.2, -0.15) is 0 Å². The summed E-state index contributed by atoms with van der Waals surface area (Å²) in [4.78, 5) is 29.0. The minimum Gasteiger partial charge on any atom is -0.454 e. The lowest BCUT2D eigenvalue weighted by atomic mass is 10.2. The van der Waals surface area contributed by atoms with E-state index in [1.807, 2.05) is 24.3 Å². The van der Waals surface area contributed by atoms with Crippen molar-refractivity contribution in [3.63, 3.8) is 0 Å². The minimum atomic E-state index is -0.505. The van der Waals surface area contributed by atoms with Gasteiger partial charge in [0.05, 0.1) is 25.8 Å². The first-order valence-electron chi connectivity index (χ1n) is 10.6. The van der Waals surface area contributed by atoms with Crippen LogP contribution in [0.5, 0.6) is 11.5 Å². The molecule has 0 bridgehead atoms. The highest BCUT2D eigenvalue weighted by atomic mass is 16.7. The van der Waals surface area contributed by atoms with Gasteiger partial charge in [-0.3, -0.25) is 14.5 Å². The maximum atomic E-state index is 12.6. The summed E-state index contributed by atoms with van der Waals surface area (Å²) in [7, 11) is 1.74. The Morgan fingerprint density at radius 2 is 1.69 bits per heavy atom. The highest BCUT2D eigenvalue weighted by Crippen LogP contribution is 2.34. The quantitative estimate of drug-likeness (QED) is 0.682. The van der Waals surface area contributed by atoms with Crippen molar-refractivity contribution in [3.8, 4) is 11.5 Å². The molecular formula is C23H28N4O5. The van der Waals surface area contributed by atoms with Crippen LogP contribution in [0.15, 0.2) is 42.5 Å². The highest BCUT2D eigenvalue weighted by Gasteiger charge is 2.21. The number of nitrogens with zero attached hydrogens (tertiary/aromatic N) is 2. The largest absolute Gasteiger partial charge is 0.454 e. The van der Waals surface area contributed by atoms with E-state index in [0.29, 0.717) is 17.2 Å². The summed E-state index contributed by atoms with van der Waals surface area (Å²) in [5.74, 6) is 0.856. The number of morpholine rings is 1. The Morgan fingerprint density at radius 1 is 1.00 bits per heavy atom. The predicted octanol–water partition coefficient (Wildman–Crippen LogP) is 2.15. The van der Waals surface area contributed by atoms with Gasteiger partial charge in [-0.15, -0.1) is 0 Å². The third kappa shape index (κ3) is 5.30. The smallest absolute Gasteiger partial charge is 0.241 e. The van der Waals surface area contributed by atoms with E-state index in [9.17, 15) is 9.59 Å². The summed E-state index contributed by atoms with van der Waals surface area (Å²) in [6, 6.07) is 12.5. The zero-order valence-corrected chi connectivity index (χ0v) is 18.3. The Labute approximate surface area is 187 Å². The van der Waals surface area contributed by atoms with Crippen LogP contribution >= 0.6 is 0 Å². The average Bonchev–Trinajstić information content (AvgIpc) is 3.27. The van der Waals surface area contributed by atoms with E-state index in [1.165, 1.54) is 0 Å². The Balaban J connectivity index is 1.26. The van der Waals surface area contributed by atoms with Gasteiger partial charge in [0.2, 0.25) is 18.6 Å². The van der Waals surface area contributed by atoms with Crippen molar-refractivity contribution < 1.29 is 23.8 Å². The van der Waals surface area contributed by atoms with Crippen molar-refractivity contribution in [3.05, 3.63) is 42.5 Å². The number of hydrogen-bond acceptors (Lipinski definition) is 7. The molecule has 2 N–H and O–H groups in total. The maximum Gasteiger partial charge on any atom is 0.241 e. The van der Waals surface area contributed by atoms with E-state index >= 15 is 0 Å². The Bertz CT molecular complexity index is 959. The molecule has 2 aliphatic rings. The number of anilines is 3. The molecular weight excluding hydrogens is 412 g/mol. The van der Waals surface area contributed by atoms with Crippen LogP contribution in [-0.4, -0.2) is 69.4 Å². The first-order valence-corrected chi connectivity index (χ1v) is 10.6. The van der Waals surface area contributed by atoms with Crippen LogP contribution in [0.4, 0.5) is 17.1 Å². The van der Waals surface area contributed by atoms with E-state index in [0.717, 1.165) is 37.7 Å². The molecule has 0 saturated carbocycles. The van der Waals surface area contributed by atoms with E-state index in [2.05, 4.69) is 15.5 Å². The van der Waals surface area contributed by atoms with Gasteiger partial charge in [-0.1, -0.05) is 0 Å². The lowest BCUT2D eigenvalue weighted by Crippen LogP contribution is -2.43. The topological polar surface area (TPSA) is 92.4 Å². The molecule has 0 spiro atoms. The van der Waals surface area contributed by atoms with Crippen LogP contribution in [0, 0.1) is 0 Å². The van der Waals surface area contributed by atoms with Gasteiger partial charge in [0.25, 0.3) is 0 Å². The van der Waals surface area contributed by atoms with Crippen LogP contribution in [0.1, 0.15) is 6.92 Å². The lowest BCUT2D eigenvalue weighted by Gasteiger charge is -2.29. The molecule has 2 aliphatic heterocycles. The number of likely N-dealkylation sites (N-methyl/N-ethyl adjacent to an activating group) is 1. The fourth-order valence-electron chi connectivity index (χ4n) is 3.56. The number of ether oxygens (including phenoxy) is 3. The summed E-state index contributed by atoms with van der Waals surface area (Å²) in [5, 5.41) is 5.74. The number of rotatable bonds is 7. The van der Waals surface area contributed by atoms with Crippen molar-refractivity contribution in [2.75, 3.05) is 62.2 Å². The minimum absolute atomic E-state index is 0.0843. The molecule has 4 rings (SSSR count). The van der Waals surface area contributed by atoms with Crippen molar-refractivity contribution in [2.45, 2.75) is 13.0 Å². The van der Waals surface area contributed by atoms with E-state index in [-0.39, 0.29) is 25.2 Å². The van der Waals surface area contributed by atoms with E-state index in [1.54, 1.807) is 37.1 Å². The Kier molecular flexibility index (Phi) is 6.77. The van der Waals surface area contributed by atoms with E-state index < -0.39 is 6.04 Å². The summed E-state index contributed by atoms with van der Waals surface area (Å²) < 4.78 is 16.0. The van der Waals surface area contributed by atoms with Crippen LogP contribution in [0.25, 0.3) is 0 Å². The molecule has 9 nitrogen and oxygen atoms in total. The second kappa shape index (κ2) is 9.88. The molecule has 0 radical (unpaired) electrons. The van der Waals surface area contributed by atoms with Crippen molar-refractivity contribution in [1.29, 1.82) is 0 Å².